The Morgan fingerprint density at radius 2 is 2.09 bits per heavy atom. The molecule has 0 aromatic carbocycles. The highest BCUT2D eigenvalue weighted by Gasteiger charge is 2.42. The van der Waals surface area contributed by atoms with Crippen LogP contribution in [0.25, 0.3) is 0 Å². The second kappa shape index (κ2) is 6.16. The average molecular weight is 328 g/mol. The van der Waals surface area contributed by atoms with E-state index in [4.69, 9.17) is 0 Å². The molecule has 0 unspecified atom stereocenters. The van der Waals surface area contributed by atoms with Gasteiger partial charge in [0.15, 0.2) is 0 Å². The van der Waals surface area contributed by atoms with Gasteiger partial charge in [-0.15, -0.1) is 0 Å². The number of aliphatic hydroxyl groups is 1. The number of imidazole rings is 1. The molecule has 128 valence electrons. The molecule has 3 heterocycles. The number of alkyl halides is 2. The van der Waals surface area contributed by atoms with Gasteiger partial charge in [-0.25, -0.2) is 13.8 Å². The summed E-state index contributed by atoms with van der Waals surface area (Å²) in [5.74, 6) is -1.93. The van der Waals surface area contributed by atoms with Crippen LogP contribution in [0.15, 0.2) is 12.4 Å². The zero-order valence-corrected chi connectivity index (χ0v) is 13.2. The highest BCUT2D eigenvalue weighted by Crippen LogP contribution is 2.30. The van der Waals surface area contributed by atoms with Crippen molar-refractivity contribution >= 4 is 5.91 Å². The molecule has 3 rings (SSSR count). The Labute approximate surface area is 133 Å². The third-order valence-electron chi connectivity index (χ3n) is 4.84. The first-order chi connectivity index (χ1) is 10.9. The molecule has 0 radical (unpaired) electrons. The SMILES string of the molecule is Cc1nccn1CC(=O)N1C[C@@H](O)[C@H](N2CCC(F)(F)CC2)C1. The second-order valence-corrected chi connectivity index (χ2v) is 6.43. The van der Waals surface area contributed by atoms with Crippen LogP contribution >= 0.6 is 0 Å². The van der Waals surface area contributed by atoms with E-state index >= 15 is 0 Å². The fourth-order valence-corrected chi connectivity index (χ4v) is 3.33. The molecule has 0 bridgehead atoms. The zero-order chi connectivity index (χ0) is 16.6. The largest absolute Gasteiger partial charge is 0.390 e. The minimum Gasteiger partial charge on any atom is -0.390 e. The van der Waals surface area contributed by atoms with Gasteiger partial charge in [0, 0.05) is 51.4 Å². The number of aliphatic hydroxyl groups excluding tert-OH is 1. The van der Waals surface area contributed by atoms with E-state index in [9.17, 15) is 18.7 Å². The molecule has 0 saturated carbocycles. The van der Waals surface area contributed by atoms with E-state index in [0.717, 1.165) is 5.82 Å². The van der Waals surface area contributed by atoms with E-state index in [0.29, 0.717) is 6.54 Å². The van der Waals surface area contributed by atoms with Crippen LogP contribution in [0.4, 0.5) is 8.78 Å². The average Bonchev–Trinajstić information content (AvgIpc) is 3.06. The number of piperidine rings is 1. The van der Waals surface area contributed by atoms with E-state index in [1.165, 1.54) is 0 Å². The van der Waals surface area contributed by atoms with Crippen molar-refractivity contribution in [2.24, 2.45) is 0 Å². The summed E-state index contributed by atoms with van der Waals surface area (Å²) in [7, 11) is 0. The first-order valence-electron chi connectivity index (χ1n) is 7.91. The number of carbonyl (C=O) groups is 1. The van der Waals surface area contributed by atoms with Gasteiger partial charge in [0.05, 0.1) is 12.1 Å². The summed E-state index contributed by atoms with van der Waals surface area (Å²) in [6.07, 6.45) is 2.33. The van der Waals surface area contributed by atoms with Crippen LogP contribution in [0.2, 0.25) is 0 Å². The maximum absolute atomic E-state index is 13.3. The molecular formula is C15H22F2N4O2. The molecular weight excluding hydrogens is 306 g/mol. The monoisotopic (exact) mass is 328 g/mol. The van der Waals surface area contributed by atoms with Crippen molar-refractivity contribution in [3.63, 3.8) is 0 Å². The number of carbonyl (C=O) groups excluding carboxylic acids is 1. The van der Waals surface area contributed by atoms with Gasteiger partial charge in [-0.05, 0) is 6.92 Å². The Kier molecular flexibility index (Phi) is 4.37. The van der Waals surface area contributed by atoms with Crippen molar-refractivity contribution in [2.75, 3.05) is 26.2 Å². The quantitative estimate of drug-likeness (QED) is 0.877. The van der Waals surface area contributed by atoms with Crippen LogP contribution in [-0.2, 0) is 11.3 Å². The molecule has 2 saturated heterocycles. The molecule has 0 aliphatic carbocycles. The van der Waals surface area contributed by atoms with Gasteiger partial charge in [0.1, 0.15) is 12.4 Å². The summed E-state index contributed by atoms with van der Waals surface area (Å²) in [4.78, 5) is 19.9. The van der Waals surface area contributed by atoms with Crippen molar-refractivity contribution < 1.29 is 18.7 Å². The molecule has 2 fully saturated rings. The lowest BCUT2D eigenvalue weighted by Crippen LogP contribution is -2.49. The number of rotatable bonds is 3. The Hall–Kier alpha value is -1.54. The summed E-state index contributed by atoms with van der Waals surface area (Å²) in [5.41, 5.74) is 0. The van der Waals surface area contributed by atoms with Crippen molar-refractivity contribution in [1.29, 1.82) is 0 Å². The van der Waals surface area contributed by atoms with Crippen LogP contribution in [-0.4, -0.2) is 74.6 Å². The molecule has 2 aliphatic heterocycles. The number of aryl methyl sites for hydroxylation is 1. The van der Waals surface area contributed by atoms with Crippen LogP contribution in [0.5, 0.6) is 0 Å². The molecule has 6 nitrogen and oxygen atoms in total. The van der Waals surface area contributed by atoms with Gasteiger partial charge < -0.3 is 14.6 Å². The highest BCUT2D eigenvalue weighted by molar-refractivity contribution is 5.76. The number of hydrogen-bond acceptors (Lipinski definition) is 4. The van der Waals surface area contributed by atoms with Crippen LogP contribution in [0.1, 0.15) is 18.7 Å². The fraction of sp³-hybridized carbons (Fsp3) is 0.733. The lowest BCUT2D eigenvalue weighted by atomic mass is 10.0. The summed E-state index contributed by atoms with van der Waals surface area (Å²) < 4.78 is 28.3. The number of likely N-dealkylation sites (tertiary alicyclic amines) is 2. The maximum Gasteiger partial charge on any atom is 0.250 e. The van der Waals surface area contributed by atoms with Gasteiger partial charge in [-0.3, -0.25) is 9.69 Å². The molecule has 0 spiro atoms. The summed E-state index contributed by atoms with van der Waals surface area (Å²) >= 11 is 0. The minimum absolute atomic E-state index is 0.0880. The molecule has 1 amide bonds. The van der Waals surface area contributed by atoms with Crippen LogP contribution in [0, 0.1) is 6.92 Å². The lowest BCUT2D eigenvalue weighted by molar-refractivity contribution is -0.131. The number of halogens is 2. The maximum atomic E-state index is 13.3. The normalized spacial score (nSPS) is 28.3. The molecule has 23 heavy (non-hydrogen) atoms. The number of β-amino-alcohol motifs (C(OH)–C–C–N with tert-alkyl or cyclic N) is 1. The first kappa shape index (κ1) is 16.3. The van der Waals surface area contributed by atoms with Gasteiger partial charge in [-0.1, -0.05) is 0 Å². The number of aromatic nitrogens is 2. The molecule has 1 N–H and O–H groups in total. The van der Waals surface area contributed by atoms with E-state index in [2.05, 4.69) is 4.98 Å². The van der Waals surface area contributed by atoms with Crippen molar-refractivity contribution in [3.8, 4) is 0 Å². The lowest BCUT2D eigenvalue weighted by Gasteiger charge is -2.36. The Morgan fingerprint density at radius 3 is 2.70 bits per heavy atom. The smallest absolute Gasteiger partial charge is 0.250 e. The minimum atomic E-state index is -2.60. The molecule has 2 aliphatic rings. The molecule has 1 aromatic rings. The summed E-state index contributed by atoms with van der Waals surface area (Å²) in [5, 5.41) is 10.2. The van der Waals surface area contributed by atoms with Crippen molar-refractivity contribution in [3.05, 3.63) is 18.2 Å². The van der Waals surface area contributed by atoms with Gasteiger partial charge in [-0.2, -0.15) is 0 Å². The van der Waals surface area contributed by atoms with E-state index in [1.807, 2.05) is 11.8 Å². The predicted octanol–water partition coefficient (Wildman–Crippen LogP) is 0.494. The number of nitrogens with zero attached hydrogens (tertiary/aromatic N) is 4. The second-order valence-electron chi connectivity index (χ2n) is 6.43. The summed E-state index contributed by atoms with van der Waals surface area (Å²) in [6, 6.07) is -0.251. The Morgan fingerprint density at radius 1 is 1.39 bits per heavy atom. The van der Waals surface area contributed by atoms with Gasteiger partial charge >= 0.3 is 0 Å². The van der Waals surface area contributed by atoms with Crippen molar-refractivity contribution in [1.82, 2.24) is 19.4 Å². The number of hydrogen-bond donors (Lipinski definition) is 1. The first-order valence-corrected chi connectivity index (χ1v) is 7.91. The highest BCUT2D eigenvalue weighted by atomic mass is 19.3. The fourth-order valence-electron chi connectivity index (χ4n) is 3.33. The Balaban J connectivity index is 1.58. The Bertz CT molecular complexity index is 568. The van der Waals surface area contributed by atoms with E-state index in [-0.39, 0.29) is 51.0 Å². The van der Waals surface area contributed by atoms with E-state index < -0.39 is 12.0 Å². The topological polar surface area (TPSA) is 61.6 Å². The van der Waals surface area contributed by atoms with Crippen molar-refractivity contribution in [2.45, 2.75) is 44.4 Å². The molecule has 8 heteroatoms. The third-order valence-corrected chi connectivity index (χ3v) is 4.84. The van der Waals surface area contributed by atoms with Crippen LogP contribution < -0.4 is 0 Å². The third kappa shape index (κ3) is 3.53. The summed E-state index contributed by atoms with van der Waals surface area (Å²) in [6.45, 7) is 3.17. The number of amides is 1. The zero-order valence-electron chi connectivity index (χ0n) is 13.2. The molecule has 1 aromatic heterocycles. The van der Waals surface area contributed by atoms with Gasteiger partial charge in [0.2, 0.25) is 5.91 Å². The standard InChI is InChI=1S/C15H22F2N4O2/c1-11-18-4-7-20(11)10-14(23)21-8-12(13(22)9-21)19-5-2-15(16,17)3-6-19/h4,7,12-13,22H,2-3,5-6,8-10H2,1H3/t12-,13-/m1/s1. The molecule has 2 atom stereocenters. The van der Waals surface area contributed by atoms with Crippen LogP contribution in [0.3, 0.4) is 0 Å². The van der Waals surface area contributed by atoms with E-state index in [1.54, 1.807) is 21.9 Å². The van der Waals surface area contributed by atoms with Gasteiger partial charge in [0.25, 0.3) is 5.92 Å². The predicted molar refractivity (Wildman–Crippen MR) is 79.1 cm³/mol.